The zero-order valence-corrected chi connectivity index (χ0v) is 4.49. The minimum atomic E-state index is 0.776. The van der Waals surface area contributed by atoms with Crippen molar-refractivity contribution in [3.8, 4) is 0 Å². The van der Waals surface area contributed by atoms with Gasteiger partial charge in [0, 0.05) is 0 Å². The van der Waals surface area contributed by atoms with Gasteiger partial charge in [0.2, 0.25) is 0 Å². The van der Waals surface area contributed by atoms with Crippen molar-refractivity contribution >= 4 is 22.6 Å². The zero-order chi connectivity index (χ0) is 3.41. The van der Waals surface area contributed by atoms with Crippen molar-refractivity contribution < 1.29 is 0 Å². The molecule has 23 valence electrons. The van der Waals surface area contributed by atoms with E-state index < -0.39 is 0 Å². The van der Waals surface area contributed by atoms with Crippen molar-refractivity contribution in [2.45, 2.75) is 0 Å². The molecule has 0 aromatic carbocycles. The molecule has 4 heteroatoms. The van der Waals surface area contributed by atoms with E-state index in [9.17, 15) is 0 Å². The molecule has 0 aromatic heterocycles. The Labute approximate surface area is 34.0 Å². The fourth-order valence-electron chi connectivity index (χ4n) is 0. The number of nitrogens with zero attached hydrogens (tertiary/aromatic N) is 1. The second kappa shape index (κ2) is 3.58. The monoisotopic (exact) mass is 141 g/mol. The molecule has 0 aliphatic heterocycles. The van der Waals surface area contributed by atoms with Crippen LogP contribution in [0.5, 0.6) is 0 Å². The molecule has 0 aromatic rings. The summed E-state index contributed by atoms with van der Waals surface area (Å²) in [6.07, 6.45) is 0. The molecule has 0 aliphatic carbocycles. The molecular formula is H2N2PSe. The Morgan fingerprint density at radius 1 is 2.00 bits per heavy atom. The van der Waals surface area contributed by atoms with Gasteiger partial charge < -0.3 is 0 Å². The average molecular weight is 140 g/mol. The second-order valence-electron chi connectivity index (χ2n) is 0.197. The van der Waals surface area contributed by atoms with Gasteiger partial charge in [-0.2, -0.15) is 0 Å². The normalized spacial score (nSPS) is 9.50. The van der Waals surface area contributed by atoms with Gasteiger partial charge in [-0.1, -0.05) is 0 Å². The molecule has 0 spiro atoms. The number of nitrogens with two attached hydrogens (primary N) is 1. The molecular weight excluding hydrogens is 138 g/mol. The topological polar surface area (TPSA) is 38.4 Å². The maximum atomic E-state index is 4.61. The summed E-state index contributed by atoms with van der Waals surface area (Å²) in [5.74, 6) is 4.61. The summed E-state index contributed by atoms with van der Waals surface area (Å²) in [5, 5.41) is 0. The van der Waals surface area contributed by atoms with Crippen molar-refractivity contribution in [2.24, 2.45) is 10.7 Å². The van der Waals surface area contributed by atoms with Crippen LogP contribution >= 0.6 is 7.06 Å². The quantitative estimate of drug-likeness (QED) is 0.220. The molecule has 0 fully saturated rings. The van der Waals surface area contributed by atoms with Gasteiger partial charge in [0.05, 0.1) is 0 Å². The minimum absolute atomic E-state index is 0.776. The van der Waals surface area contributed by atoms with Gasteiger partial charge in [-0.25, -0.2) is 0 Å². The number of hydrogen-bond donors (Lipinski definition) is 1. The Bertz CT molecular complexity index is 21.2. The van der Waals surface area contributed by atoms with E-state index in [2.05, 4.69) is 26.3 Å². The van der Waals surface area contributed by atoms with E-state index >= 15 is 0 Å². The van der Waals surface area contributed by atoms with Crippen LogP contribution in [0, 0.1) is 0 Å². The van der Waals surface area contributed by atoms with Crippen molar-refractivity contribution in [2.75, 3.05) is 0 Å². The van der Waals surface area contributed by atoms with Crippen LogP contribution in [0.25, 0.3) is 0 Å². The Hall–Kier alpha value is 0.579. The van der Waals surface area contributed by atoms with Gasteiger partial charge in [-0.15, -0.1) is 0 Å². The summed E-state index contributed by atoms with van der Waals surface area (Å²) in [5.41, 5.74) is 0. The summed E-state index contributed by atoms with van der Waals surface area (Å²) in [6, 6.07) is 0. The van der Waals surface area contributed by atoms with Crippen LogP contribution in [0.3, 0.4) is 0 Å². The van der Waals surface area contributed by atoms with E-state index in [1.165, 1.54) is 0 Å². The van der Waals surface area contributed by atoms with Gasteiger partial charge in [0.1, 0.15) is 0 Å². The summed E-state index contributed by atoms with van der Waals surface area (Å²) in [7, 11) is 0.776. The molecule has 0 unspecified atom stereocenters. The van der Waals surface area contributed by atoms with Crippen molar-refractivity contribution in [3.63, 3.8) is 0 Å². The SMILES string of the molecule is NN=P[Se]. The van der Waals surface area contributed by atoms with E-state index in [-0.39, 0.29) is 0 Å². The average Bonchev–Trinajstić information content (AvgIpc) is 1.37. The van der Waals surface area contributed by atoms with Crippen molar-refractivity contribution in [1.29, 1.82) is 0 Å². The molecule has 2 nitrogen and oxygen atoms in total. The summed E-state index contributed by atoms with van der Waals surface area (Å²) < 4.78 is 0. The van der Waals surface area contributed by atoms with Gasteiger partial charge in [0.15, 0.2) is 0 Å². The fourth-order valence-corrected chi connectivity index (χ4v) is 0. The first-order valence-electron chi connectivity index (χ1n) is 0.641. The molecule has 2 N–H and O–H groups in total. The third kappa shape index (κ3) is 2.58. The molecule has 0 bridgehead atoms. The molecule has 0 atom stereocenters. The van der Waals surface area contributed by atoms with E-state index in [1.807, 2.05) is 0 Å². The van der Waals surface area contributed by atoms with Crippen molar-refractivity contribution in [3.05, 3.63) is 0 Å². The van der Waals surface area contributed by atoms with E-state index in [0.717, 1.165) is 7.06 Å². The van der Waals surface area contributed by atoms with Crippen LogP contribution < -0.4 is 5.84 Å². The van der Waals surface area contributed by atoms with Crippen LogP contribution in [-0.4, -0.2) is 15.6 Å². The summed E-state index contributed by atoms with van der Waals surface area (Å²) >= 11 is 2.57. The Kier molecular flexibility index (Phi) is 4.10. The van der Waals surface area contributed by atoms with E-state index in [4.69, 9.17) is 0 Å². The first-order valence-corrected chi connectivity index (χ1v) is 3.70. The van der Waals surface area contributed by atoms with Crippen molar-refractivity contribution in [1.82, 2.24) is 0 Å². The fraction of sp³-hybridized carbons (Fsp3) is 0. The van der Waals surface area contributed by atoms with Crippen LogP contribution in [-0.2, 0) is 0 Å². The van der Waals surface area contributed by atoms with Gasteiger partial charge in [-0.3, -0.25) is 0 Å². The third-order valence-corrected chi connectivity index (χ3v) is 0.735. The first kappa shape index (κ1) is 4.58. The molecule has 4 heavy (non-hydrogen) atoms. The van der Waals surface area contributed by atoms with E-state index in [1.54, 1.807) is 0 Å². The van der Waals surface area contributed by atoms with Gasteiger partial charge in [-0.05, 0) is 0 Å². The molecule has 0 saturated carbocycles. The maximum absolute atomic E-state index is 4.61. The summed E-state index contributed by atoms with van der Waals surface area (Å²) in [4.78, 5) is 3.15. The molecule has 0 aliphatic rings. The predicted octanol–water partition coefficient (Wildman–Crippen LogP) is 0.0734. The Morgan fingerprint density at radius 3 is 2.25 bits per heavy atom. The first-order chi connectivity index (χ1) is 1.91. The third-order valence-electron chi connectivity index (χ3n) is 0.0471. The van der Waals surface area contributed by atoms with Crippen LogP contribution in [0.15, 0.2) is 4.85 Å². The van der Waals surface area contributed by atoms with Gasteiger partial charge in [0.25, 0.3) is 0 Å². The molecule has 0 saturated heterocycles. The molecule has 1 radical (unpaired) electrons. The Morgan fingerprint density at radius 2 is 2.25 bits per heavy atom. The predicted molar refractivity (Wildman–Crippen MR) is 19.3 cm³/mol. The molecule has 0 rings (SSSR count). The van der Waals surface area contributed by atoms with Crippen LogP contribution in [0.2, 0.25) is 0 Å². The van der Waals surface area contributed by atoms with Gasteiger partial charge >= 0.3 is 33.3 Å². The standard InChI is InChI=1S/H2N2PSe/c1-2-3-4/h1H2. The number of hydrogen-bond acceptors (Lipinski definition) is 1. The summed E-state index contributed by atoms with van der Waals surface area (Å²) in [6.45, 7) is 0. The second-order valence-corrected chi connectivity index (χ2v) is 1.62. The zero-order valence-electron chi connectivity index (χ0n) is 1.88. The molecule has 0 amide bonds. The van der Waals surface area contributed by atoms with Crippen LogP contribution in [0.4, 0.5) is 0 Å². The molecule has 0 heterocycles. The number of rotatable bonds is 0. The van der Waals surface area contributed by atoms with Crippen LogP contribution in [0.1, 0.15) is 0 Å². The Balaban J connectivity index is 2.55. The van der Waals surface area contributed by atoms with E-state index in [0.29, 0.717) is 0 Å².